The van der Waals surface area contributed by atoms with Gasteiger partial charge in [-0.1, -0.05) is 36.5 Å². The summed E-state index contributed by atoms with van der Waals surface area (Å²) in [6, 6.07) is 8.13. The van der Waals surface area contributed by atoms with Crippen LogP contribution in [0.4, 0.5) is 0 Å². The maximum Gasteiger partial charge on any atom is 0.309 e. The maximum atomic E-state index is 11.5. The zero-order valence-corrected chi connectivity index (χ0v) is 12.5. The number of nitrogens with zero attached hydrogens (tertiary/aromatic N) is 1. The highest BCUT2D eigenvalue weighted by atomic mass is 32.1. The third-order valence-corrected chi connectivity index (χ3v) is 4.02. The van der Waals surface area contributed by atoms with Gasteiger partial charge in [-0.3, -0.25) is 9.69 Å². The second kappa shape index (κ2) is 6.81. The lowest BCUT2D eigenvalue weighted by Crippen LogP contribution is -2.38. The molecule has 1 unspecified atom stereocenters. The van der Waals surface area contributed by atoms with Gasteiger partial charge >= 0.3 is 5.97 Å². The van der Waals surface area contributed by atoms with Crippen LogP contribution in [0.1, 0.15) is 24.0 Å². The molecule has 2 N–H and O–H groups in total. The van der Waals surface area contributed by atoms with Gasteiger partial charge in [0, 0.05) is 6.54 Å². The van der Waals surface area contributed by atoms with Crippen LogP contribution in [0.2, 0.25) is 0 Å². The SMILES string of the molecule is COC(=O)Cc1ccccc1CN1CCCC1C(N)=S. The van der Waals surface area contributed by atoms with E-state index in [0.29, 0.717) is 11.4 Å². The second-order valence-electron chi connectivity index (χ2n) is 5.05. The Kier molecular flexibility index (Phi) is 5.09. The van der Waals surface area contributed by atoms with Gasteiger partial charge in [0.15, 0.2) is 0 Å². The molecule has 1 saturated heterocycles. The fourth-order valence-electron chi connectivity index (χ4n) is 2.67. The first-order valence-electron chi connectivity index (χ1n) is 6.78. The molecule has 1 heterocycles. The van der Waals surface area contributed by atoms with Gasteiger partial charge in [0.25, 0.3) is 0 Å². The average molecular weight is 292 g/mol. The molecule has 20 heavy (non-hydrogen) atoms. The predicted molar refractivity (Wildman–Crippen MR) is 82.4 cm³/mol. The molecule has 0 bridgehead atoms. The molecule has 1 aliphatic heterocycles. The highest BCUT2D eigenvalue weighted by Crippen LogP contribution is 2.22. The van der Waals surface area contributed by atoms with Gasteiger partial charge in [0.1, 0.15) is 0 Å². The van der Waals surface area contributed by atoms with E-state index in [0.717, 1.165) is 37.1 Å². The van der Waals surface area contributed by atoms with Crippen molar-refractivity contribution in [2.75, 3.05) is 13.7 Å². The number of benzene rings is 1. The Hall–Kier alpha value is -1.46. The number of thiocarbonyl (C=S) groups is 1. The van der Waals surface area contributed by atoms with Crippen LogP contribution in [-0.2, 0) is 22.5 Å². The molecule has 1 atom stereocenters. The van der Waals surface area contributed by atoms with E-state index in [9.17, 15) is 4.79 Å². The summed E-state index contributed by atoms with van der Waals surface area (Å²) in [5.41, 5.74) is 7.94. The van der Waals surface area contributed by atoms with Gasteiger partial charge < -0.3 is 10.5 Å². The molecule has 0 aliphatic carbocycles. The third-order valence-electron chi connectivity index (χ3n) is 3.75. The lowest BCUT2D eigenvalue weighted by Gasteiger charge is -2.24. The number of ether oxygens (including phenoxy) is 1. The van der Waals surface area contributed by atoms with Gasteiger partial charge in [0.2, 0.25) is 0 Å². The maximum absolute atomic E-state index is 11.5. The van der Waals surface area contributed by atoms with Gasteiger partial charge in [-0.2, -0.15) is 0 Å². The van der Waals surface area contributed by atoms with E-state index in [2.05, 4.69) is 4.90 Å². The lowest BCUT2D eigenvalue weighted by atomic mass is 10.0. The number of carbonyl (C=O) groups is 1. The van der Waals surface area contributed by atoms with E-state index < -0.39 is 0 Å². The molecule has 0 spiro atoms. The van der Waals surface area contributed by atoms with Crippen LogP contribution >= 0.6 is 12.2 Å². The van der Waals surface area contributed by atoms with Crippen molar-refractivity contribution in [2.24, 2.45) is 5.73 Å². The molecule has 108 valence electrons. The molecule has 4 nitrogen and oxygen atoms in total. The molecule has 0 radical (unpaired) electrons. The van der Waals surface area contributed by atoms with Crippen molar-refractivity contribution in [1.29, 1.82) is 0 Å². The summed E-state index contributed by atoms with van der Waals surface area (Å²) in [6.07, 6.45) is 2.44. The largest absolute Gasteiger partial charge is 0.469 e. The Morgan fingerprint density at radius 2 is 2.15 bits per heavy atom. The Morgan fingerprint density at radius 3 is 2.80 bits per heavy atom. The number of hydrogen-bond acceptors (Lipinski definition) is 4. The van der Waals surface area contributed by atoms with Gasteiger partial charge in [0.05, 0.1) is 24.6 Å². The first-order chi connectivity index (χ1) is 9.61. The fraction of sp³-hybridized carbons (Fsp3) is 0.467. The summed E-state index contributed by atoms with van der Waals surface area (Å²) >= 11 is 5.13. The van der Waals surface area contributed by atoms with Crippen molar-refractivity contribution in [3.63, 3.8) is 0 Å². The third kappa shape index (κ3) is 3.55. The quantitative estimate of drug-likeness (QED) is 0.660. The van der Waals surface area contributed by atoms with E-state index in [1.165, 1.54) is 7.11 Å². The summed E-state index contributed by atoms with van der Waals surface area (Å²) in [5.74, 6) is -0.218. The monoisotopic (exact) mass is 292 g/mol. The van der Waals surface area contributed by atoms with Crippen LogP contribution in [-0.4, -0.2) is 35.6 Å². The minimum atomic E-state index is -0.218. The van der Waals surface area contributed by atoms with E-state index in [1.807, 2.05) is 24.3 Å². The van der Waals surface area contributed by atoms with Crippen LogP contribution in [0, 0.1) is 0 Å². The average Bonchev–Trinajstić information content (AvgIpc) is 2.89. The highest BCUT2D eigenvalue weighted by molar-refractivity contribution is 7.80. The van der Waals surface area contributed by atoms with Crippen molar-refractivity contribution in [3.8, 4) is 0 Å². The molecule has 1 fully saturated rings. The Morgan fingerprint density at radius 1 is 1.45 bits per heavy atom. The summed E-state index contributed by atoms with van der Waals surface area (Å²) < 4.78 is 4.75. The minimum Gasteiger partial charge on any atom is -0.469 e. The smallest absolute Gasteiger partial charge is 0.309 e. The Bertz CT molecular complexity index is 504. The van der Waals surface area contributed by atoms with E-state index in [4.69, 9.17) is 22.7 Å². The molecule has 1 aliphatic rings. The number of rotatable bonds is 5. The van der Waals surface area contributed by atoms with Gasteiger partial charge in [-0.25, -0.2) is 0 Å². The number of nitrogens with two attached hydrogens (primary N) is 1. The van der Waals surface area contributed by atoms with Crippen molar-refractivity contribution in [3.05, 3.63) is 35.4 Å². The highest BCUT2D eigenvalue weighted by Gasteiger charge is 2.27. The molecule has 1 aromatic rings. The lowest BCUT2D eigenvalue weighted by molar-refractivity contribution is -0.139. The zero-order chi connectivity index (χ0) is 14.5. The van der Waals surface area contributed by atoms with Crippen LogP contribution < -0.4 is 5.73 Å². The number of methoxy groups -OCH3 is 1. The van der Waals surface area contributed by atoms with Gasteiger partial charge in [-0.05, 0) is 30.5 Å². The molecule has 2 rings (SSSR count). The van der Waals surface area contributed by atoms with E-state index in [1.54, 1.807) is 0 Å². The molecule has 0 saturated carbocycles. The topological polar surface area (TPSA) is 55.6 Å². The zero-order valence-electron chi connectivity index (χ0n) is 11.7. The first-order valence-corrected chi connectivity index (χ1v) is 7.19. The summed E-state index contributed by atoms with van der Waals surface area (Å²) in [7, 11) is 1.41. The molecule has 0 aromatic heterocycles. The van der Waals surface area contributed by atoms with Crippen molar-refractivity contribution in [1.82, 2.24) is 4.90 Å². The molecular weight excluding hydrogens is 272 g/mol. The molecule has 0 amide bonds. The van der Waals surface area contributed by atoms with Crippen LogP contribution in [0.5, 0.6) is 0 Å². The number of likely N-dealkylation sites (tertiary alicyclic amines) is 1. The van der Waals surface area contributed by atoms with Gasteiger partial charge in [-0.15, -0.1) is 0 Å². The van der Waals surface area contributed by atoms with Crippen LogP contribution in [0.25, 0.3) is 0 Å². The Labute approximate surface area is 124 Å². The second-order valence-corrected chi connectivity index (χ2v) is 5.52. The van der Waals surface area contributed by atoms with E-state index in [-0.39, 0.29) is 12.0 Å². The van der Waals surface area contributed by atoms with Crippen LogP contribution in [0.3, 0.4) is 0 Å². The standard InChI is InChI=1S/C15H20N2O2S/c1-19-14(18)9-11-5-2-3-6-12(11)10-17-8-4-7-13(17)15(16)20/h2-3,5-6,13H,4,7-10H2,1H3,(H2,16,20). The van der Waals surface area contributed by atoms with Crippen molar-refractivity contribution < 1.29 is 9.53 Å². The van der Waals surface area contributed by atoms with Crippen molar-refractivity contribution >= 4 is 23.2 Å². The molecule has 5 heteroatoms. The number of esters is 1. The van der Waals surface area contributed by atoms with E-state index >= 15 is 0 Å². The summed E-state index contributed by atoms with van der Waals surface area (Å²) in [6.45, 7) is 1.77. The number of carbonyl (C=O) groups excluding carboxylic acids is 1. The Balaban J connectivity index is 2.12. The van der Waals surface area contributed by atoms with Crippen molar-refractivity contribution in [2.45, 2.75) is 31.8 Å². The molecule has 1 aromatic carbocycles. The first kappa shape index (κ1) is 14.9. The summed E-state index contributed by atoms with van der Waals surface area (Å²) in [5, 5.41) is 0. The summed E-state index contributed by atoms with van der Waals surface area (Å²) in [4.78, 5) is 14.3. The predicted octanol–water partition coefficient (Wildman–Crippen LogP) is 1.65. The minimum absolute atomic E-state index is 0.177. The normalized spacial score (nSPS) is 18.9. The number of hydrogen-bond donors (Lipinski definition) is 1. The van der Waals surface area contributed by atoms with Crippen LogP contribution in [0.15, 0.2) is 24.3 Å². The molecular formula is C15H20N2O2S. The fourth-order valence-corrected chi connectivity index (χ4v) is 2.94.